The molecule has 0 fully saturated rings. The number of methoxy groups -OCH3 is 1. The van der Waals surface area contributed by atoms with E-state index in [-0.39, 0.29) is 11.3 Å². The molecule has 0 bridgehead atoms. The van der Waals surface area contributed by atoms with Gasteiger partial charge in [0.05, 0.1) is 29.2 Å². The third-order valence-electron chi connectivity index (χ3n) is 2.80. The number of benzene rings is 2. The van der Waals surface area contributed by atoms with Crippen molar-refractivity contribution >= 4 is 16.6 Å². The first kappa shape index (κ1) is 15.3. The Morgan fingerprint density at radius 3 is 2.62 bits per heavy atom. The fourth-order valence-corrected chi connectivity index (χ4v) is 2.78. The van der Waals surface area contributed by atoms with Gasteiger partial charge in [0, 0.05) is 11.0 Å². The minimum Gasteiger partial charge on any atom is -0.497 e. The van der Waals surface area contributed by atoms with Crippen LogP contribution in [-0.4, -0.2) is 22.9 Å². The maximum atomic E-state index is 13.5. The third-order valence-corrected chi connectivity index (χ3v) is 4.10. The smallest absolute Gasteiger partial charge is 0.178 e. The van der Waals surface area contributed by atoms with Crippen LogP contribution in [0.5, 0.6) is 5.75 Å². The number of rotatable bonds is 5. The molecule has 0 radical (unpaired) electrons. The van der Waals surface area contributed by atoms with Crippen molar-refractivity contribution in [1.29, 1.82) is 0 Å². The standard InChI is InChI=1S/C15H12F2O3S/c1-20-11-3-2-4-12(8-11)21(19)9-15(18)13-6-5-10(16)7-14(13)17/h2-8H,9H2,1H3. The van der Waals surface area contributed by atoms with Crippen molar-refractivity contribution in [1.82, 2.24) is 0 Å². The Balaban J connectivity index is 2.16. The lowest BCUT2D eigenvalue weighted by molar-refractivity contribution is 0.101. The molecule has 0 aliphatic heterocycles. The summed E-state index contributed by atoms with van der Waals surface area (Å²) in [6, 6.07) is 9.14. The highest BCUT2D eigenvalue weighted by Gasteiger charge is 2.16. The molecular formula is C15H12F2O3S. The summed E-state index contributed by atoms with van der Waals surface area (Å²) in [7, 11) is -0.156. The second kappa shape index (κ2) is 6.58. The van der Waals surface area contributed by atoms with E-state index in [0.29, 0.717) is 16.7 Å². The predicted molar refractivity (Wildman–Crippen MR) is 75.0 cm³/mol. The van der Waals surface area contributed by atoms with E-state index in [9.17, 15) is 17.8 Å². The van der Waals surface area contributed by atoms with Gasteiger partial charge in [-0.15, -0.1) is 0 Å². The molecule has 0 aromatic heterocycles. The van der Waals surface area contributed by atoms with E-state index in [1.165, 1.54) is 7.11 Å². The van der Waals surface area contributed by atoms with Crippen LogP contribution in [0.1, 0.15) is 10.4 Å². The second-order valence-electron chi connectivity index (χ2n) is 4.22. The van der Waals surface area contributed by atoms with Gasteiger partial charge in [-0.05, 0) is 30.3 Å². The summed E-state index contributed by atoms with van der Waals surface area (Å²) in [6.07, 6.45) is 0. The number of hydrogen-bond acceptors (Lipinski definition) is 3. The maximum Gasteiger partial charge on any atom is 0.178 e. The Kier molecular flexibility index (Phi) is 4.80. The largest absolute Gasteiger partial charge is 0.497 e. The van der Waals surface area contributed by atoms with Crippen molar-refractivity contribution in [2.45, 2.75) is 4.90 Å². The van der Waals surface area contributed by atoms with Gasteiger partial charge >= 0.3 is 0 Å². The second-order valence-corrected chi connectivity index (χ2v) is 5.67. The Bertz CT molecular complexity index is 701. The van der Waals surface area contributed by atoms with Crippen LogP contribution >= 0.6 is 0 Å². The fourth-order valence-electron chi connectivity index (χ4n) is 1.74. The van der Waals surface area contributed by atoms with Crippen LogP contribution in [-0.2, 0) is 10.8 Å². The summed E-state index contributed by atoms with van der Waals surface area (Å²) in [4.78, 5) is 12.3. The van der Waals surface area contributed by atoms with E-state index < -0.39 is 28.2 Å². The highest BCUT2D eigenvalue weighted by molar-refractivity contribution is 7.85. The zero-order chi connectivity index (χ0) is 15.4. The molecule has 1 atom stereocenters. The van der Waals surface area contributed by atoms with Crippen LogP contribution in [0.3, 0.4) is 0 Å². The van der Waals surface area contributed by atoms with Crippen molar-refractivity contribution in [3.05, 3.63) is 59.7 Å². The van der Waals surface area contributed by atoms with Gasteiger partial charge in [0.15, 0.2) is 5.78 Å². The highest BCUT2D eigenvalue weighted by atomic mass is 32.2. The van der Waals surface area contributed by atoms with Crippen LogP contribution in [0.25, 0.3) is 0 Å². The molecule has 0 N–H and O–H groups in total. The number of Topliss-reactive ketones (excluding diaryl/α,β-unsaturated/α-hetero) is 1. The number of halogens is 2. The number of carbonyl (C=O) groups is 1. The van der Waals surface area contributed by atoms with Gasteiger partial charge in [0.1, 0.15) is 17.4 Å². The summed E-state index contributed by atoms with van der Waals surface area (Å²) in [5.41, 5.74) is -0.271. The summed E-state index contributed by atoms with van der Waals surface area (Å²) in [5, 5.41) is 0. The molecule has 0 aliphatic rings. The number of carbonyl (C=O) groups excluding carboxylic acids is 1. The molecule has 0 amide bonds. The van der Waals surface area contributed by atoms with Gasteiger partial charge in [-0.1, -0.05) is 6.07 Å². The van der Waals surface area contributed by atoms with E-state index >= 15 is 0 Å². The average molecular weight is 310 g/mol. The topological polar surface area (TPSA) is 43.4 Å². The Morgan fingerprint density at radius 1 is 1.19 bits per heavy atom. The molecule has 0 saturated carbocycles. The monoisotopic (exact) mass is 310 g/mol. The van der Waals surface area contributed by atoms with Gasteiger partial charge in [0.25, 0.3) is 0 Å². The van der Waals surface area contributed by atoms with Gasteiger partial charge in [-0.3, -0.25) is 9.00 Å². The van der Waals surface area contributed by atoms with Gasteiger partial charge in [-0.25, -0.2) is 8.78 Å². The van der Waals surface area contributed by atoms with Crippen molar-refractivity contribution in [2.24, 2.45) is 0 Å². The first-order valence-electron chi connectivity index (χ1n) is 6.02. The first-order chi connectivity index (χ1) is 10.0. The van der Waals surface area contributed by atoms with Crippen molar-refractivity contribution in [3.63, 3.8) is 0 Å². The molecule has 2 aromatic carbocycles. The first-order valence-corrected chi connectivity index (χ1v) is 7.34. The average Bonchev–Trinajstić information content (AvgIpc) is 2.47. The molecule has 0 spiro atoms. The normalized spacial score (nSPS) is 12.0. The van der Waals surface area contributed by atoms with Crippen molar-refractivity contribution in [3.8, 4) is 5.75 Å². The minimum atomic E-state index is -1.63. The molecule has 110 valence electrons. The van der Waals surface area contributed by atoms with E-state index in [2.05, 4.69) is 0 Å². The molecule has 1 unspecified atom stereocenters. The molecule has 2 aromatic rings. The number of ether oxygens (including phenoxy) is 1. The van der Waals surface area contributed by atoms with E-state index in [1.54, 1.807) is 24.3 Å². The zero-order valence-electron chi connectivity index (χ0n) is 11.1. The molecule has 6 heteroatoms. The summed E-state index contributed by atoms with van der Waals surface area (Å²) >= 11 is 0. The lowest BCUT2D eigenvalue weighted by atomic mass is 10.1. The van der Waals surface area contributed by atoms with Gasteiger partial charge in [0.2, 0.25) is 0 Å². The molecular weight excluding hydrogens is 298 g/mol. The molecule has 3 nitrogen and oxygen atoms in total. The lowest BCUT2D eigenvalue weighted by Crippen LogP contribution is -2.13. The molecule has 21 heavy (non-hydrogen) atoms. The fraction of sp³-hybridized carbons (Fsp3) is 0.133. The van der Waals surface area contributed by atoms with Crippen LogP contribution in [0.4, 0.5) is 8.78 Å². The summed E-state index contributed by atoms with van der Waals surface area (Å²) < 4.78 is 43.4. The Hall–Kier alpha value is -2.08. The summed E-state index contributed by atoms with van der Waals surface area (Å²) in [6.45, 7) is 0. The predicted octanol–water partition coefficient (Wildman–Crippen LogP) is 2.96. The van der Waals surface area contributed by atoms with Crippen LogP contribution in [0.2, 0.25) is 0 Å². The quantitative estimate of drug-likeness (QED) is 0.798. The Morgan fingerprint density at radius 2 is 1.95 bits per heavy atom. The number of hydrogen-bond donors (Lipinski definition) is 0. The Labute approximate surface area is 123 Å². The maximum absolute atomic E-state index is 13.5. The molecule has 0 saturated heterocycles. The lowest BCUT2D eigenvalue weighted by Gasteiger charge is -2.05. The van der Waals surface area contributed by atoms with E-state index in [4.69, 9.17) is 4.74 Å². The molecule has 2 rings (SSSR count). The van der Waals surface area contributed by atoms with Crippen molar-refractivity contribution < 1.29 is 22.5 Å². The molecule has 0 heterocycles. The zero-order valence-corrected chi connectivity index (χ0v) is 12.0. The van der Waals surface area contributed by atoms with Crippen LogP contribution in [0.15, 0.2) is 47.4 Å². The minimum absolute atomic E-state index is 0.271. The van der Waals surface area contributed by atoms with Gasteiger partial charge < -0.3 is 4.74 Å². The van der Waals surface area contributed by atoms with Crippen molar-refractivity contribution in [2.75, 3.05) is 12.9 Å². The molecule has 0 aliphatic carbocycles. The number of ketones is 1. The van der Waals surface area contributed by atoms with Gasteiger partial charge in [-0.2, -0.15) is 0 Å². The highest BCUT2D eigenvalue weighted by Crippen LogP contribution is 2.17. The SMILES string of the molecule is COc1cccc(S(=O)CC(=O)c2ccc(F)cc2F)c1. The third kappa shape index (κ3) is 3.72. The summed E-state index contributed by atoms with van der Waals surface area (Å²) in [5.74, 6) is -2.23. The van der Waals surface area contributed by atoms with E-state index in [1.807, 2.05) is 0 Å². The van der Waals surface area contributed by atoms with Crippen LogP contribution < -0.4 is 4.74 Å². The van der Waals surface area contributed by atoms with Crippen LogP contribution in [0, 0.1) is 11.6 Å². The van der Waals surface area contributed by atoms with E-state index in [0.717, 1.165) is 12.1 Å².